The van der Waals surface area contributed by atoms with Crippen LogP contribution in [0.4, 0.5) is 5.82 Å². The zero-order valence-electron chi connectivity index (χ0n) is 16.8. The minimum atomic E-state index is -2.65. The van der Waals surface area contributed by atoms with Crippen molar-refractivity contribution in [1.29, 1.82) is 0 Å². The number of fused-ring (bicyclic) bond motifs is 1. The molecule has 0 atom stereocenters. The number of pyridine rings is 1. The van der Waals surface area contributed by atoms with Gasteiger partial charge in [0.15, 0.2) is 22.2 Å². The van der Waals surface area contributed by atoms with Crippen molar-refractivity contribution in [2.24, 2.45) is 0 Å². The van der Waals surface area contributed by atoms with Crippen molar-refractivity contribution < 1.29 is 22.7 Å². The predicted octanol–water partition coefficient (Wildman–Crippen LogP) is 3.43. The number of aromatic nitrogens is 1. The van der Waals surface area contributed by atoms with Crippen LogP contribution in [-0.2, 0) is 20.9 Å². The number of amides is 1. The fraction of sp³-hybridized carbons (Fsp3) is 0.217. The van der Waals surface area contributed by atoms with Gasteiger partial charge in [-0.2, -0.15) is 0 Å². The Bertz CT molecular complexity index is 1270. The summed E-state index contributed by atoms with van der Waals surface area (Å²) in [6, 6.07) is 14.1. The molecule has 1 aromatic heterocycles. The maximum absolute atomic E-state index is 13.1. The summed E-state index contributed by atoms with van der Waals surface area (Å²) in [5.41, 5.74) is 2.79. The highest BCUT2D eigenvalue weighted by atomic mass is 32.2. The van der Waals surface area contributed by atoms with E-state index < -0.39 is 16.1 Å². The smallest absolute Gasteiger partial charge is 0.236 e. The average Bonchev–Trinajstić information content (AvgIpc) is 3.45. The topological polar surface area (TPSA) is 94.6 Å². The van der Waals surface area contributed by atoms with E-state index in [2.05, 4.69) is 10.3 Å². The Morgan fingerprint density at radius 1 is 1.06 bits per heavy atom. The van der Waals surface area contributed by atoms with Crippen molar-refractivity contribution in [3.8, 4) is 22.6 Å². The van der Waals surface area contributed by atoms with Crippen LogP contribution in [0, 0.1) is 6.92 Å². The highest BCUT2D eigenvalue weighted by Gasteiger charge is 2.51. The summed E-state index contributed by atoms with van der Waals surface area (Å²) in [6.45, 7) is 2.10. The summed E-state index contributed by atoms with van der Waals surface area (Å²) in [7, 11) is -2.65. The zero-order chi connectivity index (χ0) is 21.6. The van der Waals surface area contributed by atoms with Crippen molar-refractivity contribution >= 4 is 22.4 Å². The van der Waals surface area contributed by atoms with Gasteiger partial charge in [-0.1, -0.05) is 18.2 Å². The summed E-state index contributed by atoms with van der Waals surface area (Å²) in [5.74, 6) is 1.72. The second-order valence-corrected chi connectivity index (χ2v) is 8.83. The molecule has 0 radical (unpaired) electrons. The maximum Gasteiger partial charge on any atom is 0.236 e. The molecule has 31 heavy (non-hydrogen) atoms. The Morgan fingerprint density at radius 3 is 2.61 bits per heavy atom. The monoisotopic (exact) mass is 436 g/mol. The number of hydrogen-bond acceptors (Lipinski definition) is 6. The lowest BCUT2D eigenvalue weighted by atomic mass is 9.94. The first kappa shape index (κ1) is 19.6. The Labute approximate surface area is 181 Å². The van der Waals surface area contributed by atoms with Gasteiger partial charge in [0.1, 0.15) is 5.82 Å². The van der Waals surface area contributed by atoms with Gasteiger partial charge in [-0.25, -0.2) is 13.4 Å². The maximum atomic E-state index is 13.1. The molecule has 8 heteroatoms. The van der Waals surface area contributed by atoms with Crippen LogP contribution in [0.2, 0.25) is 0 Å². The molecule has 2 heterocycles. The second-order valence-electron chi connectivity index (χ2n) is 7.80. The number of nitrogens with zero attached hydrogens (tertiary/aromatic N) is 1. The summed E-state index contributed by atoms with van der Waals surface area (Å²) < 4.78 is 33.4. The van der Waals surface area contributed by atoms with Gasteiger partial charge in [0.05, 0.1) is 10.3 Å². The summed E-state index contributed by atoms with van der Waals surface area (Å²) in [4.78, 5) is 17.7. The third-order valence-electron chi connectivity index (χ3n) is 5.83. The van der Waals surface area contributed by atoms with Crippen LogP contribution < -0.4 is 14.8 Å². The number of anilines is 1. The van der Waals surface area contributed by atoms with Gasteiger partial charge in [-0.15, -0.1) is 0 Å². The number of rotatable bonds is 5. The van der Waals surface area contributed by atoms with E-state index in [-0.39, 0.29) is 17.6 Å². The first-order valence-electron chi connectivity index (χ1n) is 9.89. The molecule has 1 amide bonds. The Balaban J connectivity index is 1.38. The fourth-order valence-corrected chi connectivity index (χ4v) is 4.37. The molecule has 1 aliphatic carbocycles. The molecule has 158 valence electrons. The van der Waals surface area contributed by atoms with Crippen molar-refractivity contribution in [3.63, 3.8) is 0 Å². The average molecular weight is 436 g/mol. The van der Waals surface area contributed by atoms with Crippen molar-refractivity contribution in [1.82, 2.24) is 4.98 Å². The van der Waals surface area contributed by atoms with E-state index in [0.717, 1.165) is 35.1 Å². The molecule has 1 fully saturated rings. The molecule has 3 aromatic rings. The first-order valence-corrected chi connectivity index (χ1v) is 11.1. The molecule has 0 unspecified atom stereocenters. The number of ether oxygens (including phenoxy) is 2. The second kappa shape index (κ2) is 7.39. The van der Waals surface area contributed by atoms with E-state index in [1.165, 1.54) is 0 Å². The minimum Gasteiger partial charge on any atom is -0.454 e. The van der Waals surface area contributed by atoms with Gasteiger partial charge >= 0.3 is 0 Å². The summed E-state index contributed by atoms with van der Waals surface area (Å²) >= 11 is 0. The van der Waals surface area contributed by atoms with E-state index in [0.29, 0.717) is 17.3 Å². The molecule has 1 N–H and O–H groups in total. The standard InChI is InChI=1S/C23H20N2O5S/c1-14-9-21(24-12-18(14)15-3-2-4-17(10-15)31(27)28)25-22(26)23(7-8-23)16-5-6-19-20(11-16)30-13-29-19/h2-6,9-12,31H,7-8,13H2,1H3,(H,24,25,26). The number of carbonyl (C=O) groups is 1. The van der Waals surface area contributed by atoms with E-state index in [1.807, 2.05) is 31.2 Å². The molecule has 2 aliphatic rings. The SMILES string of the molecule is Cc1cc(NC(=O)C2(c3ccc4c(c3)OCO4)CC2)ncc1-c1cccc([SH](=O)=O)c1. The van der Waals surface area contributed by atoms with Gasteiger partial charge in [-0.05, 0) is 66.8 Å². The number of hydrogen-bond donors (Lipinski definition) is 2. The molecule has 5 rings (SSSR count). The predicted molar refractivity (Wildman–Crippen MR) is 115 cm³/mol. The normalized spacial score (nSPS) is 15.7. The Hall–Kier alpha value is -3.39. The first-order chi connectivity index (χ1) is 15.0. The van der Waals surface area contributed by atoms with E-state index in [4.69, 9.17) is 9.47 Å². The quantitative estimate of drug-likeness (QED) is 0.595. The molecule has 1 aliphatic heterocycles. The van der Waals surface area contributed by atoms with Gasteiger partial charge in [-0.3, -0.25) is 4.79 Å². The largest absolute Gasteiger partial charge is 0.454 e. The molecular formula is C23H20N2O5S. The Morgan fingerprint density at radius 2 is 1.87 bits per heavy atom. The molecule has 1 saturated carbocycles. The van der Waals surface area contributed by atoms with Crippen LogP contribution in [0.3, 0.4) is 0 Å². The fourth-order valence-electron chi connectivity index (χ4n) is 3.92. The van der Waals surface area contributed by atoms with E-state index >= 15 is 0 Å². The van der Waals surface area contributed by atoms with Gasteiger partial charge < -0.3 is 14.8 Å². The third kappa shape index (κ3) is 3.53. The van der Waals surface area contributed by atoms with Crippen LogP contribution in [0.25, 0.3) is 11.1 Å². The molecule has 0 spiro atoms. The van der Waals surface area contributed by atoms with Crippen molar-refractivity contribution in [2.75, 3.05) is 12.1 Å². The van der Waals surface area contributed by atoms with E-state index in [1.54, 1.807) is 30.5 Å². The van der Waals surface area contributed by atoms with Crippen molar-refractivity contribution in [2.45, 2.75) is 30.1 Å². The molecule has 7 nitrogen and oxygen atoms in total. The van der Waals surface area contributed by atoms with Gasteiger partial charge in [0, 0.05) is 11.8 Å². The highest BCUT2D eigenvalue weighted by molar-refractivity contribution is 7.72. The molecule has 0 bridgehead atoms. The summed E-state index contributed by atoms with van der Waals surface area (Å²) in [6.07, 6.45) is 3.17. The number of thiol groups is 1. The molecule has 2 aromatic carbocycles. The minimum absolute atomic E-state index is 0.101. The number of carbonyl (C=O) groups excluding carboxylic acids is 1. The van der Waals surface area contributed by atoms with E-state index in [9.17, 15) is 13.2 Å². The molecule has 0 saturated heterocycles. The van der Waals surface area contributed by atoms with Crippen molar-refractivity contribution in [3.05, 3.63) is 65.9 Å². The number of benzene rings is 2. The lowest BCUT2D eigenvalue weighted by Gasteiger charge is -2.16. The number of nitrogens with one attached hydrogen (secondary N) is 1. The lowest BCUT2D eigenvalue weighted by Crippen LogP contribution is -2.28. The van der Waals surface area contributed by atoms with Crippen LogP contribution in [0.5, 0.6) is 11.5 Å². The Kier molecular flexibility index (Phi) is 4.66. The van der Waals surface area contributed by atoms with Gasteiger partial charge in [0.25, 0.3) is 0 Å². The van der Waals surface area contributed by atoms with Gasteiger partial charge in [0.2, 0.25) is 12.7 Å². The van der Waals surface area contributed by atoms with Crippen LogP contribution >= 0.6 is 0 Å². The number of aryl methyl sites for hydroxylation is 1. The van der Waals surface area contributed by atoms with Crippen LogP contribution in [0.1, 0.15) is 24.0 Å². The third-order valence-corrected chi connectivity index (χ3v) is 6.53. The summed E-state index contributed by atoms with van der Waals surface area (Å²) in [5, 5.41) is 2.94. The van der Waals surface area contributed by atoms with Crippen LogP contribution in [-0.4, -0.2) is 26.1 Å². The van der Waals surface area contributed by atoms with Crippen LogP contribution in [0.15, 0.2) is 59.6 Å². The highest BCUT2D eigenvalue weighted by Crippen LogP contribution is 2.51. The molecular weight excluding hydrogens is 416 g/mol. The lowest BCUT2D eigenvalue weighted by molar-refractivity contribution is -0.118. The zero-order valence-corrected chi connectivity index (χ0v) is 17.6.